The van der Waals surface area contributed by atoms with Gasteiger partial charge in [0.2, 0.25) is 0 Å². The Morgan fingerprint density at radius 2 is 1.81 bits per heavy atom. The van der Waals surface area contributed by atoms with Crippen LogP contribution in [-0.4, -0.2) is 31.4 Å². The van der Waals surface area contributed by atoms with E-state index in [1.54, 1.807) is 6.11 Å². The van der Waals surface area contributed by atoms with Gasteiger partial charge in [-0.2, -0.15) is 16.8 Å². The third-order valence-corrected chi connectivity index (χ3v) is 3.72. The summed E-state index contributed by atoms with van der Waals surface area (Å²) in [5.74, 6) is 0. The molecular formula is C9H10O9S3. The molecule has 0 amide bonds. The molecule has 0 heterocycles. The summed E-state index contributed by atoms with van der Waals surface area (Å²) in [6, 6.07) is 4.18. The molecule has 1 aromatic rings. The van der Waals surface area contributed by atoms with Gasteiger partial charge in [0.25, 0.3) is 10.1 Å². The van der Waals surface area contributed by atoms with Crippen LogP contribution in [0.4, 0.5) is 0 Å². The Bertz CT molecular complexity index is 755. The van der Waals surface area contributed by atoms with Crippen molar-refractivity contribution in [3.63, 3.8) is 0 Å². The van der Waals surface area contributed by atoms with Crippen LogP contribution in [0.1, 0.15) is 5.56 Å². The van der Waals surface area contributed by atoms with E-state index in [9.17, 15) is 16.8 Å². The van der Waals surface area contributed by atoms with Gasteiger partial charge in [-0.1, -0.05) is 6.07 Å². The van der Waals surface area contributed by atoms with Crippen LogP contribution in [0, 0.1) is 18.3 Å². The molecule has 9 nitrogen and oxygen atoms in total. The SMILES string of the molecule is Cc1ccc(SC#COOS(=O)(=O)O)cc1S(=O)(=O)O.O. The molecule has 1 aromatic carbocycles. The number of hydrogen-bond acceptors (Lipinski definition) is 7. The first-order chi connectivity index (χ1) is 9.09. The monoisotopic (exact) mass is 358 g/mol. The van der Waals surface area contributed by atoms with Crippen LogP contribution < -0.4 is 0 Å². The van der Waals surface area contributed by atoms with Gasteiger partial charge in [0, 0.05) is 10.1 Å². The molecule has 21 heavy (non-hydrogen) atoms. The molecule has 12 heteroatoms. The van der Waals surface area contributed by atoms with Crippen molar-refractivity contribution in [3.8, 4) is 11.4 Å². The zero-order chi connectivity index (χ0) is 15.4. The largest absolute Gasteiger partial charge is 0.433 e. The van der Waals surface area contributed by atoms with Crippen LogP contribution >= 0.6 is 11.8 Å². The van der Waals surface area contributed by atoms with Crippen LogP contribution in [0.25, 0.3) is 0 Å². The summed E-state index contributed by atoms with van der Waals surface area (Å²) >= 11 is 0.792. The predicted octanol–water partition coefficient (Wildman–Crippen LogP) is 0.179. The highest BCUT2D eigenvalue weighted by Crippen LogP contribution is 2.23. The lowest BCUT2D eigenvalue weighted by Gasteiger charge is -2.03. The third-order valence-electron chi connectivity index (χ3n) is 1.81. The maximum Gasteiger partial charge on any atom is 0.433 e. The Morgan fingerprint density at radius 3 is 2.33 bits per heavy atom. The molecule has 0 atom stereocenters. The summed E-state index contributed by atoms with van der Waals surface area (Å²) in [6.45, 7) is 1.51. The summed E-state index contributed by atoms with van der Waals surface area (Å²) in [7, 11) is -9.09. The van der Waals surface area contributed by atoms with E-state index in [-0.39, 0.29) is 10.4 Å². The fraction of sp³-hybridized carbons (Fsp3) is 0.111. The maximum atomic E-state index is 11.1. The van der Waals surface area contributed by atoms with Gasteiger partial charge in [-0.15, -0.1) is 0 Å². The summed E-state index contributed by atoms with van der Waals surface area (Å²) in [5, 5.41) is 2.24. The number of rotatable bonds is 4. The minimum Gasteiger partial charge on any atom is -0.412 e. The highest BCUT2D eigenvalue weighted by Gasteiger charge is 2.13. The molecule has 0 unspecified atom stereocenters. The van der Waals surface area contributed by atoms with Gasteiger partial charge in [0.15, 0.2) is 6.11 Å². The first-order valence-electron chi connectivity index (χ1n) is 4.67. The van der Waals surface area contributed by atoms with E-state index in [1.165, 1.54) is 25.1 Å². The summed E-state index contributed by atoms with van der Waals surface area (Å²) in [5.41, 5.74) is 0.357. The highest BCUT2D eigenvalue weighted by molar-refractivity contribution is 8.04. The smallest absolute Gasteiger partial charge is 0.412 e. The first kappa shape index (κ1) is 19.7. The molecule has 0 aromatic heterocycles. The summed E-state index contributed by atoms with van der Waals surface area (Å²) in [4.78, 5) is 3.96. The molecular weight excluding hydrogens is 348 g/mol. The number of hydrogen-bond donors (Lipinski definition) is 2. The minimum absolute atomic E-state index is 0. The van der Waals surface area contributed by atoms with E-state index in [0.717, 1.165) is 11.8 Å². The van der Waals surface area contributed by atoms with Crippen molar-refractivity contribution in [2.45, 2.75) is 16.7 Å². The minimum atomic E-state index is -4.75. The molecule has 1 rings (SSSR count). The zero-order valence-corrected chi connectivity index (χ0v) is 12.8. The molecule has 0 spiro atoms. The van der Waals surface area contributed by atoms with E-state index < -0.39 is 20.5 Å². The third kappa shape index (κ3) is 7.29. The van der Waals surface area contributed by atoms with Crippen molar-refractivity contribution in [2.24, 2.45) is 0 Å². The lowest BCUT2D eigenvalue weighted by atomic mass is 10.2. The highest BCUT2D eigenvalue weighted by atomic mass is 32.3. The Morgan fingerprint density at radius 1 is 1.19 bits per heavy atom. The average Bonchev–Trinajstić information content (AvgIpc) is 2.27. The van der Waals surface area contributed by atoms with E-state index in [1.807, 2.05) is 0 Å². The maximum absolute atomic E-state index is 11.1. The molecule has 4 N–H and O–H groups in total. The molecule has 0 radical (unpaired) electrons. The molecule has 0 aliphatic carbocycles. The molecule has 0 aliphatic heterocycles. The Labute approximate surface area is 125 Å². The van der Waals surface area contributed by atoms with Gasteiger partial charge >= 0.3 is 10.4 Å². The predicted molar refractivity (Wildman–Crippen MR) is 72.0 cm³/mol. The Hall–Kier alpha value is -1.33. The molecule has 118 valence electrons. The Kier molecular flexibility index (Phi) is 7.13. The first-order valence-corrected chi connectivity index (χ1v) is 8.29. The van der Waals surface area contributed by atoms with Gasteiger partial charge in [-0.25, -0.2) is 0 Å². The van der Waals surface area contributed by atoms with E-state index >= 15 is 0 Å². The van der Waals surface area contributed by atoms with Gasteiger partial charge in [-0.05, 0) is 40.7 Å². The van der Waals surface area contributed by atoms with E-state index in [0.29, 0.717) is 10.5 Å². The van der Waals surface area contributed by atoms with Crippen LogP contribution in [-0.2, 0) is 29.7 Å². The normalized spacial score (nSPS) is 11.0. The van der Waals surface area contributed by atoms with Crippen LogP contribution in [0.2, 0.25) is 0 Å². The Balaban J connectivity index is 0.00000400. The van der Waals surface area contributed by atoms with Crippen molar-refractivity contribution in [3.05, 3.63) is 23.8 Å². The number of aryl methyl sites for hydroxylation is 1. The van der Waals surface area contributed by atoms with Crippen molar-refractivity contribution < 1.29 is 40.6 Å². The summed E-state index contributed by atoms with van der Waals surface area (Å²) < 4.78 is 62.9. The van der Waals surface area contributed by atoms with Gasteiger partial charge in [0.05, 0.1) is 4.90 Å². The second kappa shape index (κ2) is 7.61. The van der Waals surface area contributed by atoms with Crippen molar-refractivity contribution in [2.75, 3.05) is 0 Å². The second-order valence-corrected chi connectivity index (χ2v) is 6.55. The second-order valence-electron chi connectivity index (χ2n) is 3.29. The van der Waals surface area contributed by atoms with Crippen LogP contribution in [0.3, 0.4) is 0 Å². The zero-order valence-electron chi connectivity index (χ0n) is 10.3. The molecule has 0 bridgehead atoms. The molecule has 0 aliphatic rings. The lowest BCUT2D eigenvalue weighted by Crippen LogP contribution is -2.01. The van der Waals surface area contributed by atoms with Crippen molar-refractivity contribution >= 4 is 32.3 Å². The lowest BCUT2D eigenvalue weighted by molar-refractivity contribution is -0.135. The number of thioether (sulfide) groups is 1. The van der Waals surface area contributed by atoms with Gasteiger partial charge < -0.3 is 5.48 Å². The summed E-state index contributed by atoms with van der Waals surface area (Å²) in [6.07, 6.45) is 1.80. The van der Waals surface area contributed by atoms with Gasteiger partial charge in [-0.3, -0.25) is 14.0 Å². The quantitative estimate of drug-likeness (QED) is 0.251. The fourth-order valence-corrected chi connectivity index (χ4v) is 2.53. The van der Waals surface area contributed by atoms with Gasteiger partial charge in [0.1, 0.15) is 0 Å². The van der Waals surface area contributed by atoms with E-state index in [2.05, 4.69) is 14.5 Å². The average molecular weight is 358 g/mol. The van der Waals surface area contributed by atoms with Crippen molar-refractivity contribution in [1.82, 2.24) is 0 Å². The standard InChI is InChI=1S/C9H8O8S3.H2O/c1-7-2-3-8(6-9(7)19(10,11)12)18-5-4-16-17-20(13,14)15;/h2-3,6H,1H3,(H,10,11,12)(H,13,14,15);1H2. The molecule has 0 saturated heterocycles. The van der Waals surface area contributed by atoms with E-state index in [4.69, 9.17) is 9.11 Å². The van der Waals surface area contributed by atoms with Crippen molar-refractivity contribution in [1.29, 1.82) is 0 Å². The topological polar surface area (TPSA) is 159 Å². The van der Waals surface area contributed by atoms with Crippen LogP contribution in [0.15, 0.2) is 28.0 Å². The number of benzene rings is 1. The van der Waals surface area contributed by atoms with Crippen LogP contribution in [0.5, 0.6) is 0 Å². The molecule has 0 fully saturated rings. The molecule has 0 saturated carbocycles. The fourth-order valence-electron chi connectivity index (χ4n) is 1.08.